The third kappa shape index (κ3) is 1.07. The average molecular weight is 185 g/mol. The van der Waals surface area contributed by atoms with E-state index in [2.05, 4.69) is 5.10 Å². The van der Waals surface area contributed by atoms with E-state index < -0.39 is 0 Å². The Morgan fingerprint density at radius 2 is 2.36 bits per heavy atom. The summed E-state index contributed by atoms with van der Waals surface area (Å²) in [6, 6.07) is 7.16. The molecule has 0 fully saturated rings. The second kappa shape index (κ2) is 2.96. The van der Waals surface area contributed by atoms with Gasteiger partial charge >= 0.3 is 0 Å². The Balaban J connectivity index is 2.86. The topological polar surface area (TPSA) is 58.7 Å². The average Bonchev–Trinajstić information content (AvgIpc) is 2.55. The van der Waals surface area contributed by atoms with Crippen molar-refractivity contribution < 1.29 is 4.79 Å². The fourth-order valence-electron chi connectivity index (χ4n) is 1.44. The van der Waals surface area contributed by atoms with Gasteiger partial charge in [0.1, 0.15) is 12.4 Å². The molecule has 0 aliphatic heterocycles. The molecular weight excluding hydrogens is 178 g/mol. The van der Waals surface area contributed by atoms with Crippen LogP contribution >= 0.6 is 0 Å². The number of fused-ring (bicyclic) bond motifs is 1. The summed E-state index contributed by atoms with van der Waals surface area (Å²) in [6.45, 7) is 0. The monoisotopic (exact) mass is 185 g/mol. The van der Waals surface area contributed by atoms with Crippen LogP contribution in [0, 0.1) is 11.3 Å². The third-order valence-electron chi connectivity index (χ3n) is 2.12. The summed E-state index contributed by atoms with van der Waals surface area (Å²) in [4.78, 5) is 10.5. The number of aromatic nitrogens is 2. The predicted octanol–water partition coefficient (Wildman–Crippen LogP) is 1.26. The molecule has 0 unspecified atom stereocenters. The highest BCUT2D eigenvalue weighted by Gasteiger charge is 2.07. The summed E-state index contributed by atoms with van der Waals surface area (Å²) in [5.41, 5.74) is 1.76. The molecule has 0 saturated carbocycles. The molecule has 1 aromatic heterocycles. The fourth-order valence-corrected chi connectivity index (χ4v) is 1.44. The summed E-state index contributed by atoms with van der Waals surface area (Å²) in [5.74, 6) is 0. The van der Waals surface area contributed by atoms with E-state index in [-0.39, 0.29) is 0 Å². The van der Waals surface area contributed by atoms with Gasteiger partial charge in [0, 0.05) is 18.0 Å². The molecule has 0 amide bonds. The van der Waals surface area contributed by atoms with E-state index in [0.717, 1.165) is 17.2 Å². The SMILES string of the molecule is Cn1nc(C#N)c2cc(C=O)ccc21. The van der Waals surface area contributed by atoms with Gasteiger partial charge in [-0.15, -0.1) is 0 Å². The minimum absolute atomic E-state index is 0.353. The number of carbonyl (C=O) groups excluding carboxylic acids is 1. The lowest BCUT2D eigenvalue weighted by Crippen LogP contribution is -1.89. The first-order valence-electron chi connectivity index (χ1n) is 4.08. The van der Waals surface area contributed by atoms with Crippen molar-refractivity contribution in [3.8, 4) is 6.07 Å². The van der Waals surface area contributed by atoms with Gasteiger partial charge in [-0.3, -0.25) is 9.48 Å². The van der Waals surface area contributed by atoms with Gasteiger partial charge in [0.25, 0.3) is 0 Å². The van der Waals surface area contributed by atoms with E-state index in [4.69, 9.17) is 5.26 Å². The summed E-state index contributed by atoms with van der Waals surface area (Å²) in [5, 5.41) is 13.5. The highest BCUT2D eigenvalue weighted by molar-refractivity contribution is 5.90. The van der Waals surface area contributed by atoms with E-state index in [1.54, 1.807) is 29.9 Å². The van der Waals surface area contributed by atoms with Gasteiger partial charge in [0.2, 0.25) is 0 Å². The number of aldehydes is 1. The first-order valence-corrected chi connectivity index (χ1v) is 4.08. The van der Waals surface area contributed by atoms with Crippen LogP contribution in [0.15, 0.2) is 18.2 Å². The van der Waals surface area contributed by atoms with Crippen molar-refractivity contribution in [1.29, 1.82) is 5.26 Å². The van der Waals surface area contributed by atoms with Crippen molar-refractivity contribution in [3.05, 3.63) is 29.5 Å². The van der Waals surface area contributed by atoms with Gasteiger partial charge < -0.3 is 0 Å². The van der Waals surface area contributed by atoms with Crippen molar-refractivity contribution in [1.82, 2.24) is 9.78 Å². The number of rotatable bonds is 1. The molecule has 0 aliphatic carbocycles. The van der Waals surface area contributed by atoms with Crippen molar-refractivity contribution >= 4 is 17.2 Å². The van der Waals surface area contributed by atoms with E-state index in [1.807, 2.05) is 6.07 Å². The number of nitrogens with zero attached hydrogens (tertiary/aromatic N) is 3. The quantitative estimate of drug-likeness (QED) is 0.628. The van der Waals surface area contributed by atoms with Gasteiger partial charge in [-0.1, -0.05) is 0 Å². The molecule has 2 rings (SSSR count). The maximum Gasteiger partial charge on any atom is 0.170 e. The second-order valence-electron chi connectivity index (χ2n) is 2.98. The molecule has 1 heterocycles. The first kappa shape index (κ1) is 8.45. The summed E-state index contributed by atoms with van der Waals surface area (Å²) in [6.07, 6.45) is 0.758. The number of hydrogen-bond acceptors (Lipinski definition) is 3. The Labute approximate surface area is 80.4 Å². The van der Waals surface area contributed by atoms with E-state index in [1.165, 1.54) is 0 Å². The zero-order chi connectivity index (χ0) is 10.1. The molecule has 4 heteroatoms. The molecule has 0 N–H and O–H groups in total. The van der Waals surface area contributed by atoms with Gasteiger partial charge in [-0.25, -0.2) is 0 Å². The van der Waals surface area contributed by atoms with Gasteiger partial charge in [-0.2, -0.15) is 10.4 Å². The van der Waals surface area contributed by atoms with Crippen LogP contribution in [0.4, 0.5) is 0 Å². The number of benzene rings is 1. The lowest BCUT2D eigenvalue weighted by atomic mass is 10.1. The number of nitriles is 1. The third-order valence-corrected chi connectivity index (χ3v) is 2.12. The molecule has 4 nitrogen and oxygen atoms in total. The summed E-state index contributed by atoms with van der Waals surface area (Å²) in [7, 11) is 1.77. The minimum Gasteiger partial charge on any atom is -0.298 e. The van der Waals surface area contributed by atoms with Crippen molar-refractivity contribution in [2.45, 2.75) is 0 Å². The van der Waals surface area contributed by atoms with Gasteiger partial charge in [-0.05, 0) is 18.2 Å². The molecule has 2 aromatic rings. The molecule has 0 atom stereocenters. The molecule has 1 aromatic carbocycles. The molecule has 0 aliphatic rings. The van der Waals surface area contributed by atoms with Crippen molar-refractivity contribution in [2.75, 3.05) is 0 Å². The largest absolute Gasteiger partial charge is 0.298 e. The molecular formula is C10H7N3O. The first-order chi connectivity index (χ1) is 6.76. The summed E-state index contributed by atoms with van der Waals surface area (Å²) >= 11 is 0. The van der Waals surface area contributed by atoms with E-state index >= 15 is 0 Å². The Bertz CT molecular complexity index is 548. The van der Waals surface area contributed by atoms with Crippen LogP contribution in [0.1, 0.15) is 16.1 Å². The Kier molecular flexibility index (Phi) is 1.79. The van der Waals surface area contributed by atoms with Crippen LogP contribution in [-0.2, 0) is 7.05 Å². The molecule has 0 radical (unpaired) electrons. The second-order valence-corrected chi connectivity index (χ2v) is 2.98. The van der Waals surface area contributed by atoms with Crippen LogP contribution in [0.25, 0.3) is 10.9 Å². The maximum absolute atomic E-state index is 10.5. The maximum atomic E-state index is 10.5. The van der Waals surface area contributed by atoms with E-state index in [0.29, 0.717) is 11.3 Å². The Morgan fingerprint density at radius 1 is 1.57 bits per heavy atom. The van der Waals surface area contributed by atoms with Gasteiger partial charge in [0.15, 0.2) is 5.69 Å². The van der Waals surface area contributed by atoms with Crippen molar-refractivity contribution in [3.63, 3.8) is 0 Å². The Hall–Kier alpha value is -2.15. The molecule has 68 valence electrons. The van der Waals surface area contributed by atoms with E-state index in [9.17, 15) is 4.79 Å². The minimum atomic E-state index is 0.353. The Morgan fingerprint density at radius 3 is 3.00 bits per heavy atom. The molecule has 14 heavy (non-hydrogen) atoms. The van der Waals surface area contributed by atoms with Crippen LogP contribution in [0.5, 0.6) is 0 Å². The van der Waals surface area contributed by atoms with Crippen LogP contribution in [0.2, 0.25) is 0 Å². The highest BCUT2D eigenvalue weighted by atomic mass is 16.1. The predicted molar refractivity (Wildman–Crippen MR) is 50.8 cm³/mol. The lowest BCUT2D eigenvalue weighted by molar-refractivity contribution is 0.112. The molecule has 0 bridgehead atoms. The van der Waals surface area contributed by atoms with Crippen LogP contribution in [-0.4, -0.2) is 16.1 Å². The fraction of sp³-hybridized carbons (Fsp3) is 0.100. The molecule has 0 saturated heterocycles. The molecule has 0 spiro atoms. The zero-order valence-corrected chi connectivity index (χ0v) is 7.56. The zero-order valence-electron chi connectivity index (χ0n) is 7.56. The van der Waals surface area contributed by atoms with Crippen molar-refractivity contribution in [2.24, 2.45) is 7.05 Å². The van der Waals surface area contributed by atoms with Crippen LogP contribution in [0.3, 0.4) is 0 Å². The summed E-state index contributed by atoms with van der Waals surface area (Å²) < 4.78 is 1.63. The normalized spacial score (nSPS) is 10.0. The van der Waals surface area contributed by atoms with Gasteiger partial charge in [0.05, 0.1) is 5.52 Å². The number of hydrogen-bond donors (Lipinski definition) is 0. The lowest BCUT2D eigenvalue weighted by Gasteiger charge is -1.93. The number of aryl methyl sites for hydroxylation is 1. The highest BCUT2D eigenvalue weighted by Crippen LogP contribution is 2.18. The standard InChI is InChI=1S/C10H7N3O/c1-13-10-3-2-7(6-14)4-8(10)9(5-11)12-13/h2-4,6H,1H3. The smallest absolute Gasteiger partial charge is 0.170 e. The number of carbonyl (C=O) groups is 1. The van der Waals surface area contributed by atoms with Crippen LogP contribution < -0.4 is 0 Å².